The molecule has 0 unspecified atom stereocenters. The van der Waals surface area contributed by atoms with Crippen LogP contribution in [-0.2, 0) is 13.1 Å². The minimum atomic E-state index is -0.257. The molecule has 0 aliphatic heterocycles. The predicted molar refractivity (Wildman–Crippen MR) is 112 cm³/mol. The standard InChI is InChI=1S/C23H21FN2OS/c1-16-12-20-22(28-16)13-21(26(20)15-18-10-6-7-11-19(18)24)23(27)25(2)14-17-8-4-3-5-9-17/h3-13H,14-15H2,1-2H3. The lowest BCUT2D eigenvalue weighted by molar-refractivity contribution is 0.0775. The van der Waals surface area contributed by atoms with Crippen LogP contribution in [0.1, 0.15) is 26.5 Å². The van der Waals surface area contributed by atoms with Crippen LogP contribution in [0, 0.1) is 12.7 Å². The number of hydrogen-bond donors (Lipinski definition) is 0. The van der Waals surface area contributed by atoms with Gasteiger partial charge in [-0.1, -0.05) is 48.5 Å². The zero-order valence-corrected chi connectivity index (χ0v) is 16.7. The molecule has 5 heteroatoms. The van der Waals surface area contributed by atoms with Gasteiger partial charge in [0.2, 0.25) is 0 Å². The van der Waals surface area contributed by atoms with Crippen LogP contribution < -0.4 is 0 Å². The summed E-state index contributed by atoms with van der Waals surface area (Å²) in [6.45, 7) is 2.89. The van der Waals surface area contributed by atoms with E-state index in [1.165, 1.54) is 10.9 Å². The van der Waals surface area contributed by atoms with Gasteiger partial charge in [-0.3, -0.25) is 4.79 Å². The summed E-state index contributed by atoms with van der Waals surface area (Å²) in [5.41, 5.74) is 3.21. The smallest absolute Gasteiger partial charge is 0.270 e. The summed E-state index contributed by atoms with van der Waals surface area (Å²) in [5, 5.41) is 0. The molecule has 2 aromatic carbocycles. The van der Waals surface area contributed by atoms with Crippen LogP contribution in [0.5, 0.6) is 0 Å². The van der Waals surface area contributed by atoms with Crippen LogP contribution in [0.15, 0.2) is 66.7 Å². The molecule has 142 valence electrons. The molecule has 3 nitrogen and oxygen atoms in total. The van der Waals surface area contributed by atoms with E-state index in [0.717, 1.165) is 15.8 Å². The van der Waals surface area contributed by atoms with Crippen LogP contribution in [0.2, 0.25) is 0 Å². The van der Waals surface area contributed by atoms with E-state index in [2.05, 4.69) is 6.07 Å². The Balaban J connectivity index is 1.71. The fourth-order valence-corrected chi connectivity index (χ4v) is 4.40. The Kier molecular flexibility index (Phi) is 5.01. The molecular formula is C23H21FN2OS. The van der Waals surface area contributed by atoms with Gasteiger partial charge in [-0.05, 0) is 30.7 Å². The summed E-state index contributed by atoms with van der Waals surface area (Å²) in [7, 11) is 1.80. The second-order valence-electron chi connectivity index (χ2n) is 6.96. The average Bonchev–Trinajstić information content (AvgIpc) is 3.20. The number of nitrogens with zero attached hydrogens (tertiary/aromatic N) is 2. The minimum absolute atomic E-state index is 0.0683. The lowest BCUT2D eigenvalue weighted by atomic mass is 10.2. The van der Waals surface area contributed by atoms with Crippen molar-refractivity contribution < 1.29 is 9.18 Å². The Labute approximate surface area is 167 Å². The second-order valence-corrected chi connectivity index (χ2v) is 8.25. The zero-order chi connectivity index (χ0) is 19.7. The molecule has 0 aliphatic rings. The first-order valence-corrected chi connectivity index (χ1v) is 9.97. The summed E-state index contributed by atoms with van der Waals surface area (Å²) in [4.78, 5) is 16.1. The van der Waals surface area contributed by atoms with Crippen molar-refractivity contribution in [3.05, 3.63) is 94.2 Å². The molecular weight excluding hydrogens is 371 g/mol. The number of benzene rings is 2. The molecule has 4 aromatic rings. The highest BCUT2D eigenvalue weighted by Crippen LogP contribution is 2.30. The molecule has 0 radical (unpaired) electrons. The summed E-state index contributed by atoms with van der Waals surface area (Å²) >= 11 is 1.65. The van der Waals surface area contributed by atoms with Crippen LogP contribution in [0.4, 0.5) is 4.39 Å². The number of hydrogen-bond acceptors (Lipinski definition) is 2. The van der Waals surface area contributed by atoms with Gasteiger partial charge in [-0.2, -0.15) is 0 Å². The lowest BCUT2D eigenvalue weighted by Crippen LogP contribution is -2.28. The lowest BCUT2D eigenvalue weighted by Gasteiger charge is -2.19. The van der Waals surface area contributed by atoms with Gasteiger partial charge in [-0.15, -0.1) is 11.3 Å². The van der Waals surface area contributed by atoms with E-state index in [9.17, 15) is 9.18 Å². The van der Waals surface area contributed by atoms with E-state index >= 15 is 0 Å². The largest absolute Gasteiger partial charge is 0.336 e. The number of carbonyl (C=O) groups excluding carboxylic acids is 1. The molecule has 0 aliphatic carbocycles. The van der Waals surface area contributed by atoms with E-state index in [4.69, 9.17) is 0 Å². The molecule has 0 atom stereocenters. The monoisotopic (exact) mass is 392 g/mol. The van der Waals surface area contributed by atoms with Crippen molar-refractivity contribution in [3.63, 3.8) is 0 Å². The van der Waals surface area contributed by atoms with Gasteiger partial charge in [0, 0.05) is 24.0 Å². The summed E-state index contributed by atoms with van der Waals surface area (Å²) < 4.78 is 17.2. The maximum absolute atomic E-state index is 14.3. The third-order valence-corrected chi connectivity index (χ3v) is 5.81. The minimum Gasteiger partial charge on any atom is -0.336 e. The molecule has 2 heterocycles. The highest BCUT2D eigenvalue weighted by molar-refractivity contribution is 7.19. The molecule has 0 saturated carbocycles. The third kappa shape index (κ3) is 3.58. The van der Waals surface area contributed by atoms with E-state index in [1.807, 2.05) is 54.0 Å². The molecule has 0 spiro atoms. The molecule has 4 rings (SSSR count). The fourth-order valence-electron chi connectivity index (χ4n) is 3.43. The fraction of sp³-hybridized carbons (Fsp3) is 0.174. The first kappa shape index (κ1) is 18.4. The van der Waals surface area contributed by atoms with Gasteiger partial charge in [0.1, 0.15) is 11.5 Å². The number of rotatable bonds is 5. The molecule has 28 heavy (non-hydrogen) atoms. The third-order valence-electron chi connectivity index (χ3n) is 4.83. The van der Waals surface area contributed by atoms with Crippen molar-refractivity contribution >= 4 is 27.5 Å². The van der Waals surface area contributed by atoms with E-state index in [1.54, 1.807) is 35.4 Å². The average molecular weight is 392 g/mol. The van der Waals surface area contributed by atoms with Gasteiger partial charge in [0.15, 0.2) is 0 Å². The molecule has 1 amide bonds. The summed E-state index contributed by atoms with van der Waals surface area (Å²) in [6.07, 6.45) is 0. The summed E-state index contributed by atoms with van der Waals surface area (Å²) in [6, 6.07) is 20.6. The normalized spacial score (nSPS) is 11.1. The predicted octanol–water partition coefficient (Wildman–Crippen LogP) is 5.47. The maximum atomic E-state index is 14.3. The number of aromatic nitrogens is 1. The Hall–Kier alpha value is -2.92. The Morgan fingerprint density at radius 1 is 1.07 bits per heavy atom. The molecule has 0 saturated heterocycles. The zero-order valence-electron chi connectivity index (χ0n) is 15.9. The van der Waals surface area contributed by atoms with Crippen molar-refractivity contribution in [2.45, 2.75) is 20.0 Å². The van der Waals surface area contributed by atoms with Gasteiger partial charge >= 0.3 is 0 Å². The maximum Gasteiger partial charge on any atom is 0.270 e. The molecule has 0 bridgehead atoms. The van der Waals surface area contributed by atoms with Crippen molar-refractivity contribution in [2.24, 2.45) is 0 Å². The van der Waals surface area contributed by atoms with Crippen molar-refractivity contribution in [1.82, 2.24) is 9.47 Å². The van der Waals surface area contributed by atoms with Crippen LogP contribution in [0.25, 0.3) is 10.2 Å². The van der Waals surface area contributed by atoms with E-state index in [0.29, 0.717) is 24.3 Å². The van der Waals surface area contributed by atoms with E-state index in [-0.39, 0.29) is 11.7 Å². The summed E-state index contributed by atoms with van der Waals surface area (Å²) in [5.74, 6) is -0.325. The molecule has 0 N–H and O–H groups in total. The van der Waals surface area contributed by atoms with Gasteiger partial charge in [-0.25, -0.2) is 4.39 Å². The quantitative estimate of drug-likeness (QED) is 0.442. The van der Waals surface area contributed by atoms with Crippen molar-refractivity contribution in [3.8, 4) is 0 Å². The Bertz CT molecular complexity index is 1130. The molecule has 2 aromatic heterocycles. The first-order valence-electron chi connectivity index (χ1n) is 9.15. The number of amides is 1. The van der Waals surface area contributed by atoms with Gasteiger partial charge in [0.05, 0.1) is 16.8 Å². The molecule has 0 fully saturated rings. The topological polar surface area (TPSA) is 25.2 Å². The van der Waals surface area contributed by atoms with Crippen LogP contribution in [-0.4, -0.2) is 22.4 Å². The van der Waals surface area contributed by atoms with Crippen molar-refractivity contribution in [2.75, 3.05) is 7.05 Å². The van der Waals surface area contributed by atoms with Gasteiger partial charge < -0.3 is 9.47 Å². The first-order chi connectivity index (χ1) is 13.5. The number of aryl methyl sites for hydroxylation is 1. The van der Waals surface area contributed by atoms with Crippen LogP contribution >= 0.6 is 11.3 Å². The Morgan fingerprint density at radius 2 is 1.79 bits per heavy atom. The second kappa shape index (κ2) is 7.60. The van der Waals surface area contributed by atoms with Gasteiger partial charge in [0.25, 0.3) is 5.91 Å². The highest BCUT2D eigenvalue weighted by atomic mass is 32.1. The number of halogens is 1. The van der Waals surface area contributed by atoms with E-state index < -0.39 is 0 Å². The number of fused-ring (bicyclic) bond motifs is 1. The highest BCUT2D eigenvalue weighted by Gasteiger charge is 2.21. The van der Waals surface area contributed by atoms with Crippen molar-refractivity contribution in [1.29, 1.82) is 0 Å². The SMILES string of the molecule is Cc1cc2c(cc(C(=O)N(C)Cc3ccccc3)n2Cc2ccccc2F)s1. The van der Waals surface area contributed by atoms with Crippen LogP contribution in [0.3, 0.4) is 0 Å². The number of carbonyl (C=O) groups is 1. The Morgan fingerprint density at radius 3 is 2.54 bits per heavy atom. The number of thiophene rings is 1.